The Morgan fingerprint density at radius 1 is 0.611 bits per heavy atom. The van der Waals surface area contributed by atoms with Gasteiger partial charge >= 0.3 is 0 Å². The third-order valence-corrected chi connectivity index (χ3v) is 6.37. The number of hydrogen-bond acceptors (Lipinski definition) is 2. The lowest BCUT2D eigenvalue weighted by atomic mass is 10.1. The molecule has 3 aromatic carbocycles. The minimum absolute atomic E-state index is 0.223. The van der Waals surface area contributed by atoms with E-state index in [0.717, 1.165) is 46.3 Å². The second-order valence-corrected chi connectivity index (χ2v) is 8.62. The van der Waals surface area contributed by atoms with E-state index in [2.05, 4.69) is 45.7 Å². The summed E-state index contributed by atoms with van der Waals surface area (Å²) < 4.78 is 4.27. The van der Waals surface area contributed by atoms with Gasteiger partial charge in [-0.2, -0.15) is 9.13 Å². The van der Waals surface area contributed by atoms with Crippen molar-refractivity contribution in [3.05, 3.63) is 108 Å². The van der Waals surface area contributed by atoms with Gasteiger partial charge in [0.05, 0.1) is 0 Å². The fraction of sp³-hybridized carbons (Fsp3) is 0.133. The van der Waals surface area contributed by atoms with Crippen LogP contribution >= 0.6 is 0 Å². The van der Waals surface area contributed by atoms with Crippen molar-refractivity contribution in [1.82, 2.24) is 0 Å². The summed E-state index contributed by atoms with van der Waals surface area (Å²) >= 11 is 0. The normalized spacial score (nSPS) is 10.9. The molecule has 0 bridgehead atoms. The maximum Gasteiger partial charge on any atom is 0.255 e. The molecule has 0 aliphatic rings. The molecule has 2 heterocycles. The van der Waals surface area contributed by atoms with Gasteiger partial charge in [-0.25, -0.2) is 0 Å². The van der Waals surface area contributed by atoms with Crippen LogP contribution in [0.15, 0.2) is 97.3 Å². The quantitative estimate of drug-likeness (QED) is 0.335. The molecule has 0 fully saturated rings. The fourth-order valence-corrected chi connectivity index (χ4v) is 4.41. The Hall–Kier alpha value is -4.58. The van der Waals surface area contributed by atoms with E-state index >= 15 is 0 Å². The maximum atomic E-state index is 12.8. The highest BCUT2D eigenvalue weighted by Gasteiger charge is 2.13. The lowest BCUT2D eigenvalue weighted by Crippen LogP contribution is -2.32. The van der Waals surface area contributed by atoms with Crippen LogP contribution in [-0.4, -0.2) is 11.8 Å². The first-order valence-electron chi connectivity index (χ1n) is 12.1. The van der Waals surface area contributed by atoms with Crippen molar-refractivity contribution in [3.8, 4) is 0 Å². The molecule has 0 atom stereocenters. The van der Waals surface area contributed by atoms with Crippen LogP contribution in [-0.2, 0) is 13.1 Å². The van der Waals surface area contributed by atoms with Gasteiger partial charge in [0.15, 0.2) is 12.4 Å². The van der Waals surface area contributed by atoms with Crippen LogP contribution in [0.3, 0.4) is 0 Å². The molecule has 36 heavy (non-hydrogen) atoms. The van der Waals surface area contributed by atoms with Crippen LogP contribution in [0.4, 0.5) is 11.4 Å². The van der Waals surface area contributed by atoms with Gasteiger partial charge in [-0.15, -0.1) is 0 Å². The number of aromatic nitrogens is 2. The van der Waals surface area contributed by atoms with E-state index in [1.807, 2.05) is 60.9 Å². The van der Waals surface area contributed by atoms with Crippen LogP contribution in [0.25, 0.3) is 21.8 Å². The van der Waals surface area contributed by atoms with E-state index < -0.39 is 0 Å². The van der Waals surface area contributed by atoms with Gasteiger partial charge in [0.25, 0.3) is 11.8 Å². The van der Waals surface area contributed by atoms with Crippen molar-refractivity contribution < 1.29 is 18.7 Å². The number of nitrogens with zero attached hydrogens (tertiary/aromatic N) is 2. The first-order valence-corrected chi connectivity index (χ1v) is 12.1. The minimum atomic E-state index is -0.223. The number of fused-ring (bicyclic) bond motifs is 2. The van der Waals surface area contributed by atoms with Crippen molar-refractivity contribution in [2.24, 2.45) is 0 Å². The van der Waals surface area contributed by atoms with E-state index in [9.17, 15) is 9.59 Å². The van der Waals surface area contributed by atoms with Crippen molar-refractivity contribution in [1.29, 1.82) is 0 Å². The molecule has 0 saturated heterocycles. The Morgan fingerprint density at radius 2 is 1.03 bits per heavy atom. The summed E-state index contributed by atoms with van der Waals surface area (Å²) in [6.07, 6.45) is 4.05. The summed E-state index contributed by atoms with van der Waals surface area (Å²) in [5.41, 5.74) is 4.54. The molecular formula is C30H28N4O2+2. The Balaban J connectivity index is 1.29. The molecule has 2 aromatic heterocycles. The third kappa shape index (κ3) is 4.66. The molecule has 2 N–H and O–H groups in total. The van der Waals surface area contributed by atoms with E-state index in [0.29, 0.717) is 11.1 Å². The number of hydrogen-bond donors (Lipinski definition) is 2. The monoisotopic (exact) mass is 476 g/mol. The average Bonchev–Trinajstić information content (AvgIpc) is 2.92. The average molecular weight is 477 g/mol. The topological polar surface area (TPSA) is 66.0 Å². The van der Waals surface area contributed by atoms with Gasteiger partial charge in [-0.05, 0) is 74.5 Å². The summed E-state index contributed by atoms with van der Waals surface area (Å²) in [5, 5.41) is 8.15. The first kappa shape index (κ1) is 23.2. The number of carbonyl (C=O) groups is 2. The Bertz CT molecular complexity index is 1470. The number of carbonyl (C=O) groups excluding carboxylic acids is 2. The molecule has 0 radical (unpaired) electrons. The lowest BCUT2D eigenvalue weighted by Gasteiger charge is -2.08. The largest absolute Gasteiger partial charge is 0.322 e. The zero-order valence-corrected chi connectivity index (χ0v) is 20.4. The first-order chi connectivity index (χ1) is 17.6. The fourth-order valence-electron chi connectivity index (χ4n) is 4.41. The predicted octanol–water partition coefficient (Wildman–Crippen LogP) is 5.11. The summed E-state index contributed by atoms with van der Waals surface area (Å²) in [6, 6.07) is 26.6. The summed E-state index contributed by atoms with van der Waals surface area (Å²) in [7, 11) is 0. The molecule has 6 heteroatoms. The van der Waals surface area contributed by atoms with Gasteiger partial charge in [-0.3, -0.25) is 9.59 Å². The van der Waals surface area contributed by atoms with Crippen LogP contribution in [0.5, 0.6) is 0 Å². The maximum absolute atomic E-state index is 12.8. The Labute approximate surface area is 209 Å². The highest BCUT2D eigenvalue weighted by molar-refractivity contribution is 6.07. The van der Waals surface area contributed by atoms with Crippen LogP contribution < -0.4 is 19.8 Å². The van der Waals surface area contributed by atoms with E-state index in [1.54, 1.807) is 24.3 Å². The van der Waals surface area contributed by atoms with E-state index in [1.165, 1.54) is 0 Å². The molecule has 6 nitrogen and oxygen atoms in total. The summed E-state index contributed by atoms with van der Waals surface area (Å²) in [4.78, 5) is 25.7. The van der Waals surface area contributed by atoms with Gasteiger partial charge in [0.1, 0.15) is 13.1 Å². The van der Waals surface area contributed by atoms with Crippen molar-refractivity contribution >= 4 is 45.0 Å². The standard InChI is InChI=1S/C30H26N4O2/c1-3-33-17-5-7-21-13-15-25(19-27(21)33)31-29(35)23-9-11-24(12-10-23)30(36)32-26-16-14-22-8-6-18-34(4-2)28(22)20-26/h5-20H,3-4H2,1-2H3/p+2. The SMILES string of the molecule is CC[n+]1cccc2ccc(NC(=O)c3ccc(C(=O)Nc4ccc5ccc[n+](CC)c5c4)cc3)cc21. The molecule has 5 rings (SSSR count). The Kier molecular flexibility index (Phi) is 6.41. The van der Waals surface area contributed by atoms with Crippen molar-refractivity contribution in [2.45, 2.75) is 26.9 Å². The number of aryl methyl sites for hydroxylation is 2. The highest BCUT2D eigenvalue weighted by Crippen LogP contribution is 2.19. The number of pyridine rings is 2. The number of anilines is 2. The highest BCUT2D eigenvalue weighted by atomic mass is 16.2. The molecule has 0 aliphatic heterocycles. The third-order valence-electron chi connectivity index (χ3n) is 6.37. The molecule has 0 aliphatic carbocycles. The number of rotatable bonds is 6. The van der Waals surface area contributed by atoms with Crippen molar-refractivity contribution in [2.75, 3.05) is 10.6 Å². The second-order valence-electron chi connectivity index (χ2n) is 8.62. The van der Waals surface area contributed by atoms with Crippen LogP contribution in [0, 0.1) is 0 Å². The van der Waals surface area contributed by atoms with Gasteiger partial charge < -0.3 is 10.6 Å². The summed E-state index contributed by atoms with van der Waals surface area (Å²) in [5.74, 6) is -0.446. The van der Waals surface area contributed by atoms with Gasteiger partial charge in [0, 0.05) is 57.5 Å². The van der Waals surface area contributed by atoms with E-state index in [4.69, 9.17) is 0 Å². The molecular weight excluding hydrogens is 448 g/mol. The van der Waals surface area contributed by atoms with Gasteiger partial charge in [0.2, 0.25) is 11.0 Å². The lowest BCUT2D eigenvalue weighted by molar-refractivity contribution is -0.668. The van der Waals surface area contributed by atoms with Crippen molar-refractivity contribution in [3.63, 3.8) is 0 Å². The molecule has 0 spiro atoms. The second kappa shape index (κ2) is 9.96. The predicted molar refractivity (Wildman–Crippen MR) is 142 cm³/mol. The molecule has 0 saturated carbocycles. The van der Waals surface area contributed by atoms with Crippen LogP contribution in [0.2, 0.25) is 0 Å². The van der Waals surface area contributed by atoms with Gasteiger partial charge in [-0.1, -0.05) is 0 Å². The number of benzene rings is 3. The summed E-state index contributed by atoms with van der Waals surface area (Å²) in [6.45, 7) is 5.86. The zero-order valence-electron chi connectivity index (χ0n) is 20.4. The smallest absolute Gasteiger partial charge is 0.255 e. The molecule has 178 valence electrons. The Morgan fingerprint density at radius 3 is 1.42 bits per heavy atom. The minimum Gasteiger partial charge on any atom is -0.322 e. The zero-order chi connectivity index (χ0) is 25.1. The molecule has 2 amide bonds. The molecule has 5 aromatic rings. The number of nitrogens with one attached hydrogen (secondary N) is 2. The molecule has 0 unspecified atom stereocenters. The van der Waals surface area contributed by atoms with Crippen LogP contribution in [0.1, 0.15) is 34.6 Å². The number of amides is 2. The van der Waals surface area contributed by atoms with E-state index in [-0.39, 0.29) is 11.8 Å².